The van der Waals surface area contributed by atoms with Crippen LogP contribution < -0.4 is 0 Å². The van der Waals surface area contributed by atoms with E-state index in [0.717, 1.165) is 25.7 Å². The van der Waals surface area contributed by atoms with Crippen molar-refractivity contribution in [3.8, 4) is 0 Å². The van der Waals surface area contributed by atoms with Gasteiger partial charge < -0.3 is 4.74 Å². The fraction of sp³-hybridized carbons (Fsp3) is 0.923. The molecule has 0 amide bonds. The van der Waals surface area contributed by atoms with Crippen molar-refractivity contribution in [2.45, 2.75) is 99.8 Å². The first-order valence-corrected chi connectivity index (χ1v) is 16.5. The molecule has 8 atom stereocenters. The molecule has 0 aromatic carbocycles. The van der Waals surface area contributed by atoms with Gasteiger partial charge in [0.1, 0.15) is 23.0 Å². The molecule has 172 valence electrons. The highest BCUT2D eigenvalue weighted by atomic mass is 32.2. The Bertz CT molecular complexity index is 641. The Morgan fingerprint density at radius 1 is 0.581 bits per heavy atom. The van der Waals surface area contributed by atoms with E-state index >= 15 is 0 Å². The third-order valence-electron chi connectivity index (χ3n) is 9.61. The smallest absolute Gasteiger partial charge is 0.188 e. The predicted octanol–water partition coefficient (Wildman–Crippen LogP) is 4.08. The number of hydrogen-bond donors (Lipinski definition) is 0. The molecule has 0 spiro atoms. The summed E-state index contributed by atoms with van der Waals surface area (Å²) in [7, 11) is 0.788. The standard InChI is InChI=1S/C26H40O3S2/c27-25-21-15-19(7-5-17(21)13-23(25)30-9-1-2-10-30)29-20-8-6-18-14-24(26(28)22(18)16-20)31-11-3-4-12-31/h17-24H,1-16H2/q+2. The van der Waals surface area contributed by atoms with Crippen LogP contribution in [0.4, 0.5) is 0 Å². The predicted molar refractivity (Wildman–Crippen MR) is 130 cm³/mol. The van der Waals surface area contributed by atoms with Gasteiger partial charge in [0, 0.05) is 24.7 Å². The van der Waals surface area contributed by atoms with Crippen LogP contribution in [0, 0.1) is 23.7 Å². The zero-order valence-corrected chi connectivity index (χ0v) is 20.6. The first-order valence-electron chi connectivity index (χ1n) is 13.2. The van der Waals surface area contributed by atoms with Gasteiger partial charge in [-0.2, -0.15) is 0 Å². The molecule has 0 radical (unpaired) electrons. The molecule has 0 aromatic heterocycles. The second kappa shape index (κ2) is 8.98. The molecule has 2 heterocycles. The van der Waals surface area contributed by atoms with Gasteiger partial charge in [-0.1, -0.05) is 0 Å². The Balaban J connectivity index is 1.04. The molecule has 3 nitrogen and oxygen atoms in total. The molecule has 0 N–H and O–H groups in total. The molecule has 6 rings (SSSR count). The number of carbonyl (C=O) groups is 2. The Morgan fingerprint density at radius 3 is 1.42 bits per heavy atom. The maximum absolute atomic E-state index is 13.2. The van der Waals surface area contributed by atoms with Crippen LogP contribution in [0.1, 0.15) is 77.0 Å². The van der Waals surface area contributed by atoms with Crippen molar-refractivity contribution in [2.24, 2.45) is 23.7 Å². The van der Waals surface area contributed by atoms with Crippen molar-refractivity contribution in [3.63, 3.8) is 0 Å². The summed E-state index contributed by atoms with van der Waals surface area (Å²) in [5, 5.41) is 0.798. The third kappa shape index (κ3) is 4.07. The quantitative estimate of drug-likeness (QED) is 0.589. The van der Waals surface area contributed by atoms with Crippen LogP contribution in [0.2, 0.25) is 0 Å². The van der Waals surface area contributed by atoms with E-state index in [1.807, 2.05) is 0 Å². The summed E-state index contributed by atoms with van der Waals surface area (Å²) in [6.07, 6.45) is 14.9. The Morgan fingerprint density at radius 2 is 1.00 bits per heavy atom. The number of rotatable bonds is 4. The molecule has 6 fully saturated rings. The fourth-order valence-corrected chi connectivity index (χ4v) is 13.8. The molecule has 2 saturated heterocycles. The molecule has 31 heavy (non-hydrogen) atoms. The summed E-state index contributed by atoms with van der Waals surface area (Å²) in [6, 6.07) is 0. The SMILES string of the molecule is O=C1C2CC(OC3CCC4CC([S+]5CCCC5)C(=O)C4C3)CCC2CC1[S+]1CCCC1. The van der Waals surface area contributed by atoms with Gasteiger partial charge in [-0.15, -0.1) is 0 Å². The molecule has 6 aliphatic rings. The average Bonchev–Trinajstić information content (AvgIpc) is 3.57. The summed E-state index contributed by atoms with van der Waals surface area (Å²) in [5.41, 5.74) is 0. The number of fused-ring (bicyclic) bond motifs is 2. The Hall–Kier alpha value is -0.0000000000000000555. The number of ether oxygens (including phenoxy) is 1. The molecular formula is C26H40O3S2+2. The molecule has 5 heteroatoms. The van der Waals surface area contributed by atoms with Gasteiger partial charge in [0.2, 0.25) is 0 Å². The van der Waals surface area contributed by atoms with Crippen LogP contribution in [0.25, 0.3) is 0 Å². The van der Waals surface area contributed by atoms with E-state index in [4.69, 9.17) is 4.74 Å². The van der Waals surface area contributed by atoms with Gasteiger partial charge >= 0.3 is 0 Å². The number of ketones is 2. The van der Waals surface area contributed by atoms with Gasteiger partial charge in [-0.25, -0.2) is 0 Å². The van der Waals surface area contributed by atoms with E-state index < -0.39 is 0 Å². The first kappa shape index (κ1) is 21.5. The highest BCUT2D eigenvalue weighted by molar-refractivity contribution is 7.98. The fourth-order valence-electron chi connectivity index (χ4n) is 7.95. The number of Topliss-reactive ketones (excluding diaryl/α,β-unsaturated/α-hetero) is 2. The largest absolute Gasteiger partial charge is 0.375 e. The number of carbonyl (C=O) groups excluding carboxylic acids is 2. The lowest BCUT2D eigenvalue weighted by molar-refractivity contribution is -0.128. The lowest BCUT2D eigenvalue weighted by atomic mass is 9.78. The van der Waals surface area contributed by atoms with Crippen LogP contribution in [-0.2, 0) is 36.1 Å². The van der Waals surface area contributed by atoms with Gasteiger partial charge in [-0.05, 0) is 97.8 Å². The lowest BCUT2D eigenvalue weighted by Gasteiger charge is -2.36. The van der Waals surface area contributed by atoms with Gasteiger partial charge in [-0.3, -0.25) is 9.59 Å². The minimum atomic E-state index is 0.265. The summed E-state index contributed by atoms with van der Waals surface area (Å²) < 4.78 is 6.67. The third-order valence-corrected chi connectivity index (χ3v) is 15.3. The van der Waals surface area contributed by atoms with E-state index in [1.165, 1.54) is 74.4 Å². The van der Waals surface area contributed by atoms with Crippen molar-refractivity contribution < 1.29 is 14.3 Å². The lowest BCUT2D eigenvalue weighted by Crippen LogP contribution is -2.37. The minimum Gasteiger partial charge on any atom is -0.375 e. The van der Waals surface area contributed by atoms with Crippen LogP contribution in [0.5, 0.6) is 0 Å². The molecule has 0 bridgehead atoms. The van der Waals surface area contributed by atoms with Crippen molar-refractivity contribution in [1.82, 2.24) is 0 Å². The summed E-state index contributed by atoms with van der Waals surface area (Å²) >= 11 is 0. The molecule has 2 aliphatic heterocycles. The molecular weight excluding hydrogens is 424 g/mol. The molecule has 0 aromatic rings. The monoisotopic (exact) mass is 464 g/mol. The normalized spacial score (nSPS) is 46.6. The van der Waals surface area contributed by atoms with E-state index in [0.29, 0.717) is 55.7 Å². The molecule has 8 unspecified atom stereocenters. The van der Waals surface area contributed by atoms with E-state index in [9.17, 15) is 9.59 Å². The summed E-state index contributed by atoms with van der Waals surface area (Å²) in [4.78, 5) is 26.5. The van der Waals surface area contributed by atoms with Crippen LogP contribution in [0.15, 0.2) is 0 Å². The maximum Gasteiger partial charge on any atom is 0.188 e. The van der Waals surface area contributed by atoms with Gasteiger partial charge in [0.15, 0.2) is 22.1 Å². The number of hydrogen-bond acceptors (Lipinski definition) is 3. The Labute approximate surface area is 193 Å². The zero-order valence-electron chi connectivity index (χ0n) is 19.0. The minimum absolute atomic E-state index is 0.265. The topological polar surface area (TPSA) is 43.4 Å². The van der Waals surface area contributed by atoms with Crippen molar-refractivity contribution in [3.05, 3.63) is 0 Å². The van der Waals surface area contributed by atoms with Crippen molar-refractivity contribution >= 4 is 33.4 Å². The van der Waals surface area contributed by atoms with Crippen LogP contribution >= 0.6 is 0 Å². The zero-order chi connectivity index (χ0) is 20.9. The van der Waals surface area contributed by atoms with Crippen molar-refractivity contribution in [2.75, 3.05) is 23.0 Å². The van der Waals surface area contributed by atoms with E-state index in [-0.39, 0.29) is 24.0 Å². The first-order chi connectivity index (χ1) is 15.2. The second-order valence-electron chi connectivity index (χ2n) is 11.3. The van der Waals surface area contributed by atoms with E-state index in [1.54, 1.807) is 0 Å². The average molecular weight is 465 g/mol. The molecule has 4 saturated carbocycles. The van der Waals surface area contributed by atoms with Crippen molar-refractivity contribution in [1.29, 1.82) is 0 Å². The van der Waals surface area contributed by atoms with Gasteiger partial charge in [0.25, 0.3) is 0 Å². The highest BCUT2D eigenvalue weighted by Crippen LogP contribution is 2.47. The highest BCUT2D eigenvalue weighted by Gasteiger charge is 2.55. The maximum atomic E-state index is 13.2. The van der Waals surface area contributed by atoms with Gasteiger partial charge in [0.05, 0.1) is 12.2 Å². The van der Waals surface area contributed by atoms with E-state index in [2.05, 4.69) is 0 Å². The van der Waals surface area contributed by atoms with Crippen LogP contribution in [0.3, 0.4) is 0 Å². The molecule has 4 aliphatic carbocycles. The van der Waals surface area contributed by atoms with Crippen LogP contribution in [-0.4, -0.2) is 57.3 Å². The Kier molecular flexibility index (Phi) is 6.24. The summed E-state index contributed by atoms with van der Waals surface area (Å²) in [5.74, 6) is 8.35. The second-order valence-corrected chi connectivity index (χ2v) is 16.2. The summed E-state index contributed by atoms with van der Waals surface area (Å²) in [6.45, 7) is 0.